The molecule has 9 nitrogen and oxygen atoms in total. The number of hydrogen-bond donors (Lipinski definition) is 1. The lowest BCUT2D eigenvalue weighted by molar-refractivity contribution is -0.386. The number of nitrogens with one attached hydrogen (secondary N) is 1. The molecule has 0 saturated carbocycles. The van der Waals surface area contributed by atoms with Gasteiger partial charge in [0.05, 0.1) is 11.5 Å². The standard InChI is InChI=1S/C15H12ClN5O4/c1-2-25-12-6-4-10(16)7-9(12)3-5-11-13(21(23)24)14(22)20-15(19-11)17-8-18-20/h3-8H,2H2,1H3,(H,17,18,19)/b5-3+. The van der Waals surface area contributed by atoms with Crippen molar-refractivity contribution >= 4 is 35.2 Å². The average Bonchev–Trinajstić information content (AvgIpc) is 3.03. The molecule has 0 atom stereocenters. The summed E-state index contributed by atoms with van der Waals surface area (Å²) >= 11 is 5.99. The fourth-order valence-corrected chi connectivity index (χ4v) is 2.44. The van der Waals surface area contributed by atoms with E-state index in [-0.39, 0.29) is 11.5 Å². The van der Waals surface area contributed by atoms with Crippen LogP contribution in [-0.4, -0.2) is 31.1 Å². The fourth-order valence-electron chi connectivity index (χ4n) is 2.26. The number of nitro groups is 1. The van der Waals surface area contributed by atoms with Crippen molar-refractivity contribution in [1.82, 2.24) is 19.6 Å². The van der Waals surface area contributed by atoms with Crippen LogP contribution in [0.3, 0.4) is 0 Å². The number of aromatic amines is 1. The van der Waals surface area contributed by atoms with Gasteiger partial charge in [0.1, 0.15) is 12.1 Å². The topological polar surface area (TPSA) is 115 Å². The number of hydrogen-bond acceptors (Lipinski definition) is 6. The Morgan fingerprint density at radius 3 is 2.96 bits per heavy atom. The molecule has 128 valence electrons. The fraction of sp³-hybridized carbons (Fsp3) is 0.133. The van der Waals surface area contributed by atoms with Gasteiger partial charge >= 0.3 is 11.2 Å². The largest absolute Gasteiger partial charge is 0.493 e. The van der Waals surface area contributed by atoms with Crippen molar-refractivity contribution < 1.29 is 9.66 Å². The summed E-state index contributed by atoms with van der Waals surface area (Å²) in [5.74, 6) is 0.592. The second kappa shape index (κ2) is 6.73. The van der Waals surface area contributed by atoms with Crippen molar-refractivity contribution in [3.05, 3.63) is 61.3 Å². The first-order chi connectivity index (χ1) is 12.0. The van der Waals surface area contributed by atoms with Crippen LogP contribution in [-0.2, 0) is 0 Å². The molecule has 0 aliphatic carbocycles. The number of halogens is 1. The number of nitrogens with zero attached hydrogens (tertiary/aromatic N) is 4. The summed E-state index contributed by atoms with van der Waals surface area (Å²) in [6, 6.07) is 5.01. The lowest BCUT2D eigenvalue weighted by atomic mass is 10.1. The van der Waals surface area contributed by atoms with E-state index in [1.54, 1.807) is 24.3 Å². The molecular weight excluding hydrogens is 350 g/mol. The predicted octanol–water partition coefficient (Wildman–Crippen LogP) is 2.55. The summed E-state index contributed by atoms with van der Waals surface area (Å²) in [6.45, 7) is 2.28. The van der Waals surface area contributed by atoms with Crippen molar-refractivity contribution in [3.63, 3.8) is 0 Å². The molecule has 1 aromatic carbocycles. The van der Waals surface area contributed by atoms with E-state index >= 15 is 0 Å². The summed E-state index contributed by atoms with van der Waals surface area (Å²) in [7, 11) is 0. The van der Waals surface area contributed by atoms with Gasteiger partial charge in [0.25, 0.3) is 5.78 Å². The summed E-state index contributed by atoms with van der Waals surface area (Å²) in [4.78, 5) is 30.6. The maximum absolute atomic E-state index is 12.2. The van der Waals surface area contributed by atoms with E-state index in [0.29, 0.717) is 22.9 Å². The van der Waals surface area contributed by atoms with Gasteiger partial charge in [0.2, 0.25) is 0 Å². The summed E-state index contributed by atoms with van der Waals surface area (Å²) in [5, 5.41) is 14.2. The van der Waals surface area contributed by atoms with Crippen LogP contribution < -0.4 is 10.3 Å². The van der Waals surface area contributed by atoms with Crippen LogP contribution in [0.5, 0.6) is 5.75 Å². The van der Waals surface area contributed by atoms with Gasteiger partial charge in [0, 0.05) is 10.6 Å². The highest BCUT2D eigenvalue weighted by Crippen LogP contribution is 2.25. The Kier molecular flexibility index (Phi) is 4.48. The van der Waals surface area contributed by atoms with E-state index in [4.69, 9.17) is 16.3 Å². The first-order valence-electron chi connectivity index (χ1n) is 7.22. The molecule has 2 aromatic heterocycles. The van der Waals surface area contributed by atoms with Crippen LogP contribution in [0.25, 0.3) is 17.9 Å². The molecule has 0 aliphatic heterocycles. The van der Waals surface area contributed by atoms with Crippen LogP contribution in [0.15, 0.2) is 29.3 Å². The zero-order valence-electron chi connectivity index (χ0n) is 13.0. The van der Waals surface area contributed by atoms with E-state index in [0.717, 1.165) is 4.52 Å². The molecule has 2 heterocycles. The van der Waals surface area contributed by atoms with Crippen LogP contribution in [0.1, 0.15) is 18.2 Å². The molecule has 3 aromatic rings. The quantitative estimate of drug-likeness (QED) is 0.551. The van der Waals surface area contributed by atoms with Crippen LogP contribution in [0, 0.1) is 10.1 Å². The van der Waals surface area contributed by atoms with E-state index < -0.39 is 16.2 Å². The Bertz CT molecular complexity index is 1040. The van der Waals surface area contributed by atoms with Crippen molar-refractivity contribution in [2.45, 2.75) is 6.92 Å². The first kappa shape index (κ1) is 16.7. The second-order valence-electron chi connectivity index (χ2n) is 4.88. The summed E-state index contributed by atoms with van der Waals surface area (Å²) in [6.07, 6.45) is 4.14. The van der Waals surface area contributed by atoms with E-state index in [1.165, 1.54) is 12.4 Å². The molecule has 0 bridgehead atoms. The molecule has 0 unspecified atom stereocenters. The highest BCUT2D eigenvalue weighted by Gasteiger charge is 2.22. The van der Waals surface area contributed by atoms with Gasteiger partial charge in [-0.15, -0.1) is 0 Å². The number of aromatic nitrogens is 4. The molecule has 25 heavy (non-hydrogen) atoms. The molecule has 1 N–H and O–H groups in total. The predicted molar refractivity (Wildman–Crippen MR) is 91.8 cm³/mol. The lowest BCUT2D eigenvalue weighted by Crippen LogP contribution is -2.20. The van der Waals surface area contributed by atoms with E-state index in [1.807, 2.05) is 6.92 Å². The minimum atomic E-state index is -0.844. The van der Waals surface area contributed by atoms with Crippen molar-refractivity contribution in [2.24, 2.45) is 0 Å². The van der Waals surface area contributed by atoms with Crippen molar-refractivity contribution in [2.75, 3.05) is 6.61 Å². The number of fused-ring (bicyclic) bond motifs is 1. The van der Waals surface area contributed by atoms with Gasteiger partial charge in [-0.1, -0.05) is 11.6 Å². The zero-order valence-corrected chi connectivity index (χ0v) is 13.7. The normalized spacial score (nSPS) is 11.3. The van der Waals surface area contributed by atoms with Crippen LogP contribution >= 0.6 is 11.6 Å². The maximum atomic E-state index is 12.2. The summed E-state index contributed by atoms with van der Waals surface area (Å²) < 4.78 is 6.40. The molecule has 0 radical (unpaired) electrons. The molecule has 0 fully saturated rings. The average molecular weight is 362 g/mol. The Morgan fingerprint density at radius 2 is 2.24 bits per heavy atom. The van der Waals surface area contributed by atoms with Gasteiger partial charge in [-0.05, 0) is 37.3 Å². The van der Waals surface area contributed by atoms with Gasteiger partial charge in [0.15, 0.2) is 5.69 Å². The van der Waals surface area contributed by atoms with Crippen molar-refractivity contribution in [1.29, 1.82) is 0 Å². The zero-order chi connectivity index (χ0) is 18.0. The highest BCUT2D eigenvalue weighted by molar-refractivity contribution is 6.30. The minimum absolute atomic E-state index is 0.0337. The van der Waals surface area contributed by atoms with Crippen molar-refractivity contribution in [3.8, 4) is 5.75 Å². The molecule has 10 heteroatoms. The molecule has 0 amide bonds. The van der Waals surface area contributed by atoms with Gasteiger partial charge < -0.3 is 4.74 Å². The Hall–Kier alpha value is -3.20. The SMILES string of the molecule is CCOc1ccc(Cl)cc1/C=C/c1nc2nc[nH]n2c(=O)c1[N+](=O)[O-]. The highest BCUT2D eigenvalue weighted by atomic mass is 35.5. The lowest BCUT2D eigenvalue weighted by Gasteiger charge is -2.07. The maximum Gasteiger partial charge on any atom is 0.361 e. The number of ether oxygens (including phenoxy) is 1. The number of rotatable bonds is 5. The third-order valence-corrected chi connectivity index (χ3v) is 3.55. The Balaban J connectivity index is 2.13. The molecule has 0 saturated heterocycles. The van der Waals surface area contributed by atoms with Crippen LogP contribution in [0.4, 0.5) is 5.69 Å². The van der Waals surface area contributed by atoms with E-state index in [9.17, 15) is 14.9 Å². The second-order valence-corrected chi connectivity index (χ2v) is 5.32. The number of H-pyrrole nitrogens is 1. The van der Waals surface area contributed by atoms with E-state index in [2.05, 4.69) is 15.1 Å². The molecular formula is C15H12ClN5O4. The minimum Gasteiger partial charge on any atom is -0.493 e. The summed E-state index contributed by atoms with van der Waals surface area (Å²) in [5.41, 5.74) is -1.00. The first-order valence-corrected chi connectivity index (χ1v) is 7.60. The smallest absolute Gasteiger partial charge is 0.361 e. The van der Waals surface area contributed by atoms with Crippen LogP contribution in [0.2, 0.25) is 5.02 Å². The van der Waals surface area contributed by atoms with Gasteiger partial charge in [-0.3, -0.25) is 20.0 Å². The molecule has 0 aliphatic rings. The third-order valence-electron chi connectivity index (χ3n) is 3.31. The molecule has 0 spiro atoms. The third kappa shape index (κ3) is 3.22. The number of benzene rings is 1. The monoisotopic (exact) mass is 361 g/mol. The van der Waals surface area contributed by atoms with Gasteiger partial charge in [-0.2, -0.15) is 4.52 Å². The Morgan fingerprint density at radius 1 is 1.44 bits per heavy atom. The Labute approximate surface area is 145 Å². The van der Waals surface area contributed by atoms with Gasteiger partial charge in [-0.25, -0.2) is 9.97 Å². The molecule has 3 rings (SSSR count).